The maximum absolute atomic E-state index is 12.5. The lowest BCUT2D eigenvalue weighted by molar-refractivity contribution is -0.132. The molecule has 1 amide bonds. The van der Waals surface area contributed by atoms with Crippen molar-refractivity contribution < 1.29 is 23.7 Å². The summed E-state index contributed by atoms with van der Waals surface area (Å²) in [4.78, 5) is 12.5. The van der Waals surface area contributed by atoms with Crippen LogP contribution in [0.4, 0.5) is 5.69 Å². The van der Waals surface area contributed by atoms with E-state index >= 15 is 0 Å². The van der Waals surface area contributed by atoms with E-state index in [2.05, 4.69) is 5.32 Å². The summed E-state index contributed by atoms with van der Waals surface area (Å²) < 4.78 is 21.8. The maximum Gasteiger partial charge on any atom is 0.253 e. The van der Waals surface area contributed by atoms with Crippen molar-refractivity contribution in [3.63, 3.8) is 0 Å². The van der Waals surface area contributed by atoms with Gasteiger partial charge in [-0.3, -0.25) is 4.79 Å². The molecule has 1 N–H and O–H groups in total. The molecule has 25 heavy (non-hydrogen) atoms. The van der Waals surface area contributed by atoms with E-state index in [-0.39, 0.29) is 17.9 Å². The van der Waals surface area contributed by atoms with Crippen molar-refractivity contribution in [1.29, 1.82) is 0 Å². The Morgan fingerprint density at radius 1 is 1.28 bits per heavy atom. The van der Waals surface area contributed by atoms with E-state index < -0.39 is 6.10 Å². The van der Waals surface area contributed by atoms with Gasteiger partial charge in [-0.05, 0) is 43.0 Å². The summed E-state index contributed by atoms with van der Waals surface area (Å²) in [5, 5.41) is 2.91. The summed E-state index contributed by atoms with van der Waals surface area (Å²) in [5.74, 6) is 0.684. The molecule has 2 unspecified atom stereocenters. The van der Waals surface area contributed by atoms with Crippen molar-refractivity contribution in [2.24, 2.45) is 5.92 Å². The molecule has 1 aromatic carbocycles. The highest BCUT2D eigenvalue weighted by molar-refractivity contribution is 5.94. The first-order valence-corrected chi connectivity index (χ1v) is 8.86. The lowest BCUT2D eigenvalue weighted by Crippen LogP contribution is -2.36. The van der Waals surface area contributed by atoms with E-state index in [0.717, 1.165) is 30.9 Å². The second-order valence-corrected chi connectivity index (χ2v) is 6.49. The van der Waals surface area contributed by atoms with Crippen LogP contribution >= 0.6 is 0 Å². The van der Waals surface area contributed by atoms with Crippen molar-refractivity contribution in [2.75, 3.05) is 38.9 Å². The van der Waals surface area contributed by atoms with Crippen LogP contribution in [0, 0.1) is 5.92 Å². The van der Waals surface area contributed by atoms with Crippen molar-refractivity contribution in [3.8, 4) is 5.75 Å². The Bertz CT molecular complexity index is 511. The molecule has 1 aromatic rings. The normalized spacial score (nSPS) is 18.3. The summed E-state index contributed by atoms with van der Waals surface area (Å²) in [7, 11) is 1.63. The number of methoxy groups -OCH3 is 1. The zero-order chi connectivity index (χ0) is 18.1. The molecule has 1 aliphatic rings. The molecule has 140 valence electrons. The number of hydrogen-bond donors (Lipinski definition) is 1. The summed E-state index contributed by atoms with van der Waals surface area (Å²) >= 11 is 0. The quantitative estimate of drug-likeness (QED) is 0.657. The minimum absolute atomic E-state index is 0.0815. The molecule has 0 bridgehead atoms. The molecule has 0 aromatic heterocycles. The summed E-state index contributed by atoms with van der Waals surface area (Å²) in [6, 6.07) is 7.28. The van der Waals surface area contributed by atoms with E-state index in [1.54, 1.807) is 7.11 Å². The van der Waals surface area contributed by atoms with Crippen LogP contribution in [0.2, 0.25) is 0 Å². The van der Waals surface area contributed by atoms with Crippen molar-refractivity contribution >= 4 is 11.6 Å². The highest BCUT2D eigenvalue weighted by Crippen LogP contribution is 2.19. The molecule has 6 nitrogen and oxygen atoms in total. The zero-order valence-corrected chi connectivity index (χ0v) is 15.3. The van der Waals surface area contributed by atoms with Crippen LogP contribution in [0.5, 0.6) is 5.75 Å². The fourth-order valence-electron chi connectivity index (χ4n) is 2.65. The lowest BCUT2D eigenvalue weighted by atomic mass is 10.1. The van der Waals surface area contributed by atoms with Gasteiger partial charge < -0.3 is 24.3 Å². The van der Waals surface area contributed by atoms with Gasteiger partial charge in [0.15, 0.2) is 0 Å². The number of carbonyl (C=O) groups excluding carboxylic acids is 1. The fraction of sp³-hybridized carbons (Fsp3) is 0.632. The number of nitrogens with one attached hydrogen (secondary N) is 1. The van der Waals surface area contributed by atoms with E-state index in [0.29, 0.717) is 19.8 Å². The summed E-state index contributed by atoms with van der Waals surface area (Å²) in [5.41, 5.74) is 0.718. The summed E-state index contributed by atoms with van der Waals surface area (Å²) in [6.45, 7) is 6.23. The molecule has 1 heterocycles. The molecule has 0 aliphatic carbocycles. The lowest BCUT2D eigenvalue weighted by Gasteiger charge is -2.22. The number of hydrogen-bond acceptors (Lipinski definition) is 5. The highest BCUT2D eigenvalue weighted by atomic mass is 16.5. The van der Waals surface area contributed by atoms with E-state index in [1.165, 1.54) is 0 Å². The van der Waals surface area contributed by atoms with Crippen molar-refractivity contribution in [3.05, 3.63) is 24.3 Å². The first kappa shape index (κ1) is 19.7. The monoisotopic (exact) mass is 351 g/mol. The molecule has 2 atom stereocenters. The first-order valence-electron chi connectivity index (χ1n) is 8.86. The van der Waals surface area contributed by atoms with Crippen LogP contribution in [-0.2, 0) is 19.0 Å². The molecular weight excluding hydrogens is 322 g/mol. The van der Waals surface area contributed by atoms with Gasteiger partial charge in [-0.15, -0.1) is 0 Å². The highest BCUT2D eigenvalue weighted by Gasteiger charge is 2.25. The second-order valence-electron chi connectivity index (χ2n) is 6.49. The van der Waals surface area contributed by atoms with Crippen LogP contribution in [-0.4, -0.2) is 51.7 Å². The molecular formula is C19H29NO5. The molecule has 6 heteroatoms. The van der Waals surface area contributed by atoms with Gasteiger partial charge >= 0.3 is 0 Å². The average Bonchev–Trinajstić information content (AvgIpc) is 3.10. The average molecular weight is 351 g/mol. The van der Waals surface area contributed by atoms with E-state index in [9.17, 15) is 4.79 Å². The Morgan fingerprint density at radius 2 is 2.04 bits per heavy atom. The summed E-state index contributed by atoms with van der Waals surface area (Å²) in [6.07, 6.45) is 1.67. The molecule has 2 rings (SSSR count). The minimum Gasteiger partial charge on any atom is -0.491 e. The van der Waals surface area contributed by atoms with Gasteiger partial charge in [0.05, 0.1) is 19.3 Å². The van der Waals surface area contributed by atoms with Gasteiger partial charge in [-0.2, -0.15) is 0 Å². The van der Waals surface area contributed by atoms with Crippen LogP contribution in [0.3, 0.4) is 0 Å². The number of anilines is 1. The van der Waals surface area contributed by atoms with Crippen LogP contribution in [0.15, 0.2) is 24.3 Å². The molecule has 0 saturated carbocycles. The number of carbonyl (C=O) groups is 1. The zero-order valence-electron chi connectivity index (χ0n) is 15.3. The molecule has 1 aliphatic heterocycles. The van der Waals surface area contributed by atoms with E-state index in [4.69, 9.17) is 18.9 Å². The Labute approximate surface area is 149 Å². The number of benzene rings is 1. The predicted octanol–water partition coefficient (Wildman–Crippen LogP) is 2.87. The second kappa shape index (κ2) is 10.4. The third-order valence-electron chi connectivity index (χ3n) is 4.03. The molecule has 1 fully saturated rings. The van der Waals surface area contributed by atoms with Gasteiger partial charge in [0, 0.05) is 19.4 Å². The Hall–Kier alpha value is -1.63. The van der Waals surface area contributed by atoms with Crippen LogP contribution < -0.4 is 10.1 Å². The van der Waals surface area contributed by atoms with Gasteiger partial charge in [-0.25, -0.2) is 0 Å². The number of ether oxygens (including phenoxy) is 4. The Balaban J connectivity index is 1.84. The topological polar surface area (TPSA) is 66.0 Å². The predicted molar refractivity (Wildman–Crippen MR) is 96.0 cm³/mol. The van der Waals surface area contributed by atoms with Gasteiger partial charge in [0.2, 0.25) is 0 Å². The Morgan fingerprint density at radius 3 is 2.64 bits per heavy atom. The van der Waals surface area contributed by atoms with Crippen molar-refractivity contribution in [1.82, 2.24) is 0 Å². The third kappa shape index (κ3) is 6.65. The fourth-order valence-corrected chi connectivity index (χ4v) is 2.65. The van der Waals surface area contributed by atoms with Gasteiger partial charge in [0.25, 0.3) is 5.91 Å². The largest absolute Gasteiger partial charge is 0.491 e. The molecule has 0 spiro atoms. The minimum atomic E-state index is -0.498. The Kier molecular flexibility index (Phi) is 8.18. The van der Waals surface area contributed by atoms with Crippen molar-refractivity contribution in [2.45, 2.75) is 38.9 Å². The SMILES string of the molecule is COCCOc1ccc(NC(=O)C(OCC2CCCO2)C(C)C)cc1. The number of rotatable bonds is 10. The smallest absolute Gasteiger partial charge is 0.253 e. The first-order chi connectivity index (χ1) is 12.1. The van der Waals surface area contributed by atoms with Crippen LogP contribution in [0.25, 0.3) is 0 Å². The standard InChI is InChI=1S/C19H29NO5/c1-14(2)18(25-13-17-5-4-10-23-17)19(21)20-15-6-8-16(9-7-15)24-12-11-22-3/h6-9,14,17-18H,4-5,10-13H2,1-3H3,(H,20,21). The van der Waals surface area contributed by atoms with Crippen LogP contribution in [0.1, 0.15) is 26.7 Å². The number of amides is 1. The van der Waals surface area contributed by atoms with E-state index in [1.807, 2.05) is 38.1 Å². The molecule has 0 radical (unpaired) electrons. The molecule has 1 saturated heterocycles. The van der Waals surface area contributed by atoms with Gasteiger partial charge in [-0.1, -0.05) is 13.8 Å². The third-order valence-corrected chi connectivity index (χ3v) is 4.03. The maximum atomic E-state index is 12.5. The van der Waals surface area contributed by atoms with Gasteiger partial charge in [0.1, 0.15) is 18.5 Å².